The van der Waals surface area contributed by atoms with Crippen molar-refractivity contribution in [3.63, 3.8) is 0 Å². The predicted molar refractivity (Wildman–Crippen MR) is 76.0 cm³/mol. The second-order valence-electron chi connectivity index (χ2n) is 4.95. The van der Waals surface area contributed by atoms with Crippen LogP contribution in [0.3, 0.4) is 0 Å². The van der Waals surface area contributed by atoms with Crippen molar-refractivity contribution >= 4 is 5.69 Å². The number of hydrogen-bond donors (Lipinski definition) is 1. The van der Waals surface area contributed by atoms with Crippen LogP contribution in [-0.4, -0.2) is 19.2 Å². The molecule has 0 aliphatic carbocycles. The quantitative estimate of drug-likeness (QED) is 0.914. The van der Waals surface area contributed by atoms with Gasteiger partial charge in [-0.25, -0.2) is 4.39 Å². The molecule has 0 bridgehead atoms. The van der Waals surface area contributed by atoms with Gasteiger partial charge in [-0.15, -0.1) is 0 Å². The normalized spacial score (nSPS) is 12.3. The Morgan fingerprint density at radius 2 is 1.63 bits per heavy atom. The smallest absolute Gasteiger partial charge is 0.123 e. The molecule has 3 heteroatoms. The Bertz CT molecular complexity index is 543. The lowest BCUT2D eigenvalue weighted by Crippen LogP contribution is -2.08. The molecule has 2 aromatic rings. The monoisotopic (exact) mass is 259 g/mol. The number of nitrogens with zero attached hydrogens (tertiary/aromatic N) is 1. The maximum atomic E-state index is 13.4. The molecular weight excluding hydrogens is 241 g/mol. The summed E-state index contributed by atoms with van der Waals surface area (Å²) >= 11 is 0. The highest BCUT2D eigenvalue weighted by Crippen LogP contribution is 2.25. The van der Waals surface area contributed by atoms with Crippen LogP contribution in [0, 0.1) is 12.7 Å². The molecule has 19 heavy (non-hydrogen) atoms. The number of benzene rings is 2. The topological polar surface area (TPSA) is 23.5 Å². The van der Waals surface area contributed by atoms with Crippen LogP contribution in [0.4, 0.5) is 10.1 Å². The van der Waals surface area contributed by atoms with E-state index >= 15 is 0 Å². The van der Waals surface area contributed by atoms with E-state index in [0.29, 0.717) is 5.56 Å². The average Bonchev–Trinajstić information content (AvgIpc) is 2.37. The maximum absolute atomic E-state index is 13.4. The molecule has 0 aromatic heterocycles. The number of aliphatic hydroxyl groups excluding tert-OH is 1. The fourth-order valence-electron chi connectivity index (χ4n) is 2.07. The van der Waals surface area contributed by atoms with Crippen molar-refractivity contribution in [1.29, 1.82) is 0 Å². The van der Waals surface area contributed by atoms with E-state index in [4.69, 9.17) is 0 Å². The fraction of sp³-hybridized carbons (Fsp3) is 0.250. The Kier molecular flexibility index (Phi) is 3.86. The van der Waals surface area contributed by atoms with Gasteiger partial charge in [0.2, 0.25) is 0 Å². The molecule has 0 aliphatic heterocycles. The number of halogens is 1. The molecular formula is C16H18FNO. The van der Waals surface area contributed by atoms with Gasteiger partial charge in [0.1, 0.15) is 11.9 Å². The van der Waals surface area contributed by atoms with Crippen LogP contribution in [0.1, 0.15) is 22.8 Å². The third-order valence-electron chi connectivity index (χ3n) is 3.11. The summed E-state index contributed by atoms with van der Waals surface area (Å²) < 4.78 is 13.4. The Hall–Kier alpha value is -1.87. The highest BCUT2D eigenvalue weighted by Gasteiger charge is 2.12. The first kappa shape index (κ1) is 13.6. The van der Waals surface area contributed by atoms with Gasteiger partial charge in [0.05, 0.1) is 0 Å². The average molecular weight is 259 g/mol. The van der Waals surface area contributed by atoms with Gasteiger partial charge >= 0.3 is 0 Å². The van der Waals surface area contributed by atoms with Gasteiger partial charge < -0.3 is 10.0 Å². The Balaban J connectivity index is 2.30. The van der Waals surface area contributed by atoms with Crippen LogP contribution in [0.25, 0.3) is 0 Å². The van der Waals surface area contributed by atoms with Crippen LogP contribution in [-0.2, 0) is 0 Å². The van der Waals surface area contributed by atoms with E-state index in [0.717, 1.165) is 16.8 Å². The van der Waals surface area contributed by atoms with Gasteiger partial charge in [0, 0.05) is 19.8 Å². The Morgan fingerprint density at radius 1 is 1.00 bits per heavy atom. The predicted octanol–water partition coefficient (Wildman–Crippen LogP) is 3.28. The van der Waals surface area contributed by atoms with Gasteiger partial charge in [0.15, 0.2) is 0 Å². The van der Waals surface area contributed by atoms with Crippen LogP contribution < -0.4 is 4.90 Å². The number of aryl methyl sites for hydroxylation is 1. The van der Waals surface area contributed by atoms with Crippen molar-refractivity contribution in [3.8, 4) is 0 Å². The molecule has 2 rings (SSSR count). The lowest BCUT2D eigenvalue weighted by molar-refractivity contribution is 0.219. The summed E-state index contributed by atoms with van der Waals surface area (Å²) in [6.07, 6.45) is -0.800. The van der Waals surface area contributed by atoms with Crippen LogP contribution in [0.5, 0.6) is 0 Å². The Morgan fingerprint density at radius 3 is 2.16 bits per heavy atom. The first-order valence-electron chi connectivity index (χ1n) is 6.20. The minimum Gasteiger partial charge on any atom is -0.384 e. The molecule has 1 atom stereocenters. The summed E-state index contributed by atoms with van der Waals surface area (Å²) in [4.78, 5) is 1.99. The minimum absolute atomic E-state index is 0.320. The molecule has 0 amide bonds. The first-order valence-corrected chi connectivity index (χ1v) is 6.20. The fourth-order valence-corrected chi connectivity index (χ4v) is 2.07. The molecule has 0 radical (unpaired) electrons. The molecule has 0 saturated heterocycles. The van der Waals surface area contributed by atoms with Crippen LogP contribution in [0.15, 0.2) is 42.5 Å². The Labute approximate surface area is 113 Å². The van der Waals surface area contributed by atoms with Crippen LogP contribution in [0.2, 0.25) is 0 Å². The van der Waals surface area contributed by atoms with E-state index in [1.54, 1.807) is 6.07 Å². The summed E-state index contributed by atoms with van der Waals surface area (Å²) in [6.45, 7) is 1.81. The lowest BCUT2D eigenvalue weighted by Gasteiger charge is -2.16. The minimum atomic E-state index is -0.800. The number of hydrogen-bond acceptors (Lipinski definition) is 2. The first-order chi connectivity index (χ1) is 8.97. The van der Waals surface area contributed by atoms with Crippen molar-refractivity contribution in [2.75, 3.05) is 19.0 Å². The molecule has 100 valence electrons. The lowest BCUT2D eigenvalue weighted by atomic mass is 9.99. The zero-order valence-electron chi connectivity index (χ0n) is 11.4. The van der Waals surface area contributed by atoms with E-state index in [2.05, 4.69) is 0 Å². The van der Waals surface area contributed by atoms with Crippen LogP contribution >= 0.6 is 0 Å². The van der Waals surface area contributed by atoms with E-state index in [1.807, 2.05) is 50.2 Å². The highest BCUT2D eigenvalue weighted by atomic mass is 19.1. The molecule has 0 fully saturated rings. The molecule has 2 aromatic carbocycles. The van der Waals surface area contributed by atoms with E-state index in [9.17, 15) is 9.50 Å². The van der Waals surface area contributed by atoms with Crippen molar-refractivity contribution in [3.05, 3.63) is 65.0 Å². The van der Waals surface area contributed by atoms with E-state index in [1.165, 1.54) is 12.1 Å². The van der Waals surface area contributed by atoms with Gasteiger partial charge in [-0.2, -0.15) is 0 Å². The second kappa shape index (κ2) is 5.41. The standard InChI is InChI=1S/C16H18FNO/c1-11-8-13(10-14(17)9-11)16(19)12-4-6-15(7-5-12)18(2)3/h4-10,16,19H,1-3H3. The van der Waals surface area contributed by atoms with Crippen molar-refractivity contribution in [2.45, 2.75) is 13.0 Å². The third-order valence-corrected chi connectivity index (χ3v) is 3.11. The third kappa shape index (κ3) is 3.12. The highest BCUT2D eigenvalue weighted by molar-refractivity contribution is 5.47. The summed E-state index contributed by atoms with van der Waals surface area (Å²) in [5, 5.41) is 10.3. The maximum Gasteiger partial charge on any atom is 0.123 e. The SMILES string of the molecule is Cc1cc(F)cc(C(O)c2ccc(N(C)C)cc2)c1. The molecule has 0 aliphatic rings. The van der Waals surface area contributed by atoms with Crippen molar-refractivity contribution < 1.29 is 9.50 Å². The number of rotatable bonds is 3. The van der Waals surface area contributed by atoms with Crippen molar-refractivity contribution in [2.24, 2.45) is 0 Å². The molecule has 0 heterocycles. The summed E-state index contributed by atoms with van der Waals surface area (Å²) in [7, 11) is 3.92. The number of anilines is 1. The molecule has 1 unspecified atom stereocenters. The van der Waals surface area contributed by atoms with Gasteiger partial charge in [-0.1, -0.05) is 18.2 Å². The van der Waals surface area contributed by atoms with Gasteiger partial charge in [-0.05, 0) is 47.9 Å². The summed E-state index contributed by atoms with van der Waals surface area (Å²) in [5.41, 5.74) is 3.20. The van der Waals surface area contributed by atoms with E-state index < -0.39 is 6.10 Å². The molecule has 2 nitrogen and oxygen atoms in total. The summed E-state index contributed by atoms with van der Waals surface area (Å²) in [5.74, 6) is -0.320. The molecule has 0 spiro atoms. The zero-order valence-corrected chi connectivity index (χ0v) is 11.4. The molecule has 1 N–H and O–H groups in total. The van der Waals surface area contributed by atoms with Gasteiger partial charge in [-0.3, -0.25) is 0 Å². The zero-order chi connectivity index (χ0) is 14.0. The number of aliphatic hydroxyl groups is 1. The van der Waals surface area contributed by atoms with Crippen molar-refractivity contribution in [1.82, 2.24) is 0 Å². The summed E-state index contributed by atoms with van der Waals surface area (Å²) in [6, 6.07) is 12.2. The molecule has 0 saturated carbocycles. The van der Waals surface area contributed by atoms with E-state index in [-0.39, 0.29) is 5.82 Å². The largest absolute Gasteiger partial charge is 0.384 e. The second-order valence-corrected chi connectivity index (χ2v) is 4.95. The van der Waals surface area contributed by atoms with Gasteiger partial charge in [0.25, 0.3) is 0 Å².